The number of aromatic amines is 1. The SMILES string of the molecule is O=C(CCl)c1ccc2nc(C3CCCN3C(=O)O)[nH]c2c1. The molecule has 1 unspecified atom stereocenters. The second-order valence-corrected chi connectivity index (χ2v) is 5.31. The van der Waals surface area contributed by atoms with Gasteiger partial charge in [0.25, 0.3) is 0 Å². The summed E-state index contributed by atoms with van der Waals surface area (Å²) >= 11 is 5.55. The third kappa shape index (κ3) is 2.47. The van der Waals surface area contributed by atoms with Gasteiger partial charge in [0.05, 0.1) is 23.0 Å². The van der Waals surface area contributed by atoms with Crippen LogP contribution in [0.4, 0.5) is 4.79 Å². The maximum absolute atomic E-state index is 11.6. The molecule has 1 saturated heterocycles. The van der Waals surface area contributed by atoms with Crippen LogP contribution in [0.2, 0.25) is 0 Å². The Morgan fingerprint density at radius 2 is 2.29 bits per heavy atom. The Morgan fingerprint density at radius 3 is 3.00 bits per heavy atom. The van der Waals surface area contributed by atoms with Gasteiger partial charge in [-0.2, -0.15) is 0 Å². The summed E-state index contributed by atoms with van der Waals surface area (Å²) < 4.78 is 0. The molecule has 0 radical (unpaired) electrons. The number of hydrogen-bond donors (Lipinski definition) is 2. The fourth-order valence-corrected chi connectivity index (χ4v) is 2.87. The number of carboxylic acid groups (broad SMARTS) is 1. The Kier molecular flexibility index (Phi) is 3.55. The van der Waals surface area contributed by atoms with Crippen LogP contribution < -0.4 is 0 Å². The van der Waals surface area contributed by atoms with E-state index in [4.69, 9.17) is 11.6 Å². The van der Waals surface area contributed by atoms with Crippen molar-refractivity contribution in [2.75, 3.05) is 12.4 Å². The Morgan fingerprint density at radius 1 is 1.48 bits per heavy atom. The first-order chi connectivity index (χ1) is 10.1. The summed E-state index contributed by atoms with van der Waals surface area (Å²) in [6.07, 6.45) is 0.639. The van der Waals surface area contributed by atoms with Crippen molar-refractivity contribution in [1.82, 2.24) is 14.9 Å². The van der Waals surface area contributed by atoms with Crippen molar-refractivity contribution < 1.29 is 14.7 Å². The minimum Gasteiger partial charge on any atom is -0.465 e. The molecule has 0 saturated carbocycles. The molecule has 0 bridgehead atoms. The highest BCUT2D eigenvalue weighted by atomic mass is 35.5. The molecule has 3 rings (SSSR count). The maximum atomic E-state index is 11.6. The quantitative estimate of drug-likeness (QED) is 0.674. The second kappa shape index (κ2) is 5.37. The summed E-state index contributed by atoms with van der Waals surface area (Å²) in [6, 6.07) is 4.88. The van der Waals surface area contributed by atoms with Crippen LogP contribution >= 0.6 is 11.6 Å². The number of imidazole rings is 1. The molecule has 1 aromatic carbocycles. The average molecular weight is 308 g/mol. The second-order valence-electron chi connectivity index (χ2n) is 5.04. The van der Waals surface area contributed by atoms with Crippen LogP contribution in [0.3, 0.4) is 0 Å². The number of ketones is 1. The third-order valence-corrected chi connectivity index (χ3v) is 4.00. The third-order valence-electron chi connectivity index (χ3n) is 3.76. The molecule has 1 aliphatic rings. The molecule has 0 spiro atoms. The number of fused-ring (bicyclic) bond motifs is 1. The van der Waals surface area contributed by atoms with Gasteiger partial charge < -0.3 is 10.1 Å². The van der Waals surface area contributed by atoms with Crippen molar-refractivity contribution in [1.29, 1.82) is 0 Å². The number of carbonyl (C=O) groups excluding carboxylic acids is 1. The van der Waals surface area contributed by atoms with Gasteiger partial charge in [-0.1, -0.05) is 0 Å². The van der Waals surface area contributed by atoms with Crippen molar-refractivity contribution in [3.05, 3.63) is 29.6 Å². The smallest absolute Gasteiger partial charge is 0.407 e. The Labute approximate surface area is 125 Å². The van der Waals surface area contributed by atoms with Crippen LogP contribution in [-0.4, -0.2) is 44.3 Å². The molecule has 2 heterocycles. The summed E-state index contributed by atoms with van der Waals surface area (Å²) in [5.74, 6) is 0.408. The van der Waals surface area contributed by atoms with Gasteiger partial charge in [0.2, 0.25) is 0 Å². The van der Waals surface area contributed by atoms with Crippen LogP contribution in [0.1, 0.15) is 35.1 Å². The number of alkyl halides is 1. The zero-order valence-electron chi connectivity index (χ0n) is 11.2. The van der Waals surface area contributed by atoms with Gasteiger partial charge in [0.15, 0.2) is 5.78 Å². The standard InChI is InChI=1S/C14H14ClN3O3/c15-7-12(19)8-3-4-9-10(6-8)17-13(16-9)11-2-1-5-18(11)14(20)21/h3-4,6,11H,1-2,5,7H2,(H,16,17)(H,20,21). The highest BCUT2D eigenvalue weighted by Crippen LogP contribution is 2.31. The highest BCUT2D eigenvalue weighted by Gasteiger charge is 2.31. The first-order valence-electron chi connectivity index (χ1n) is 6.68. The lowest BCUT2D eigenvalue weighted by Crippen LogP contribution is -2.29. The Bertz CT molecular complexity index is 713. The molecule has 6 nitrogen and oxygen atoms in total. The number of halogens is 1. The first kappa shape index (κ1) is 13.9. The predicted octanol–water partition coefficient (Wildman–Crippen LogP) is 2.80. The molecular weight excluding hydrogens is 294 g/mol. The zero-order valence-corrected chi connectivity index (χ0v) is 11.9. The summed E-state index contributed by atoms with van der Waals surface area (Å²) in [6.45, 7) is 0.521. The first-order valence-corrected chi connectivity index (χ1v) is 7.22. The zero-order chi connectivity index (χ0) is 15.0. The number of amides is 1. The lowest BCUT2D eigenvalue weighted by molar-refractivity contribution is 0.102. The van der Waals surface area contributed by atoms with E-state index in [0.717, 1.165) is 18.4 Å². The van der Waals surface area contributed by atoms with Crippen LogP contribution in [0.25, 0.3) is 11.0 Å². The normalized spacial score (nSPS) is 18.3. The molecule has 21 heavy (non-hydrogen) atoms. The van der Waals surface area contributed by atoms with Gasteiger partial charge in [-0.05, 0) is 31.0 Å². The number of carbonyl (C=O) groups is 2. The molecule has 2 aromatic rings. The molecule has 2 N–H and O–H groups in total. The van der Waals surface area contributed by atoms with Gasteiger partial charge in [-0.3, -0.25) is 9.69 Å². The van der Waals surface area contributed by atoms with Crippen molar-refractivity contribution in [2.24, 2.45) is 0 Å². The van der Waals surface area contributed by atoms with E-state index in [-0.39, 0.29) is 17.7 Å². The lowest BCUT2D eigenvalue weighted by atomic mass is 10.1. The van der Waals surface area contributed by atoms with Crippen molar-refractivity contribution in [3.63, 3.8) is 0 Å². The minimum absolute atomic E-state index is 0.0675. The topological polar surface area (TPSA) is 86.3 Å². The minimum atomic E-state index is -0.934. The van der Waals surface area contributed by atoms with Crippen molar-refractivity contribution in [3.8, 4) is 0 Å². The Balaban J connectivity index is 1.97. The van der Waals surface area contributed by atoms with Gasteiger partial charge in [0, 0.05) is 12.1 Å². The summed E-state index contributed by atoms with van der Waals surface area (Å²) in [7, 11) is 0. The number of nitrogens with one attached hydrogen (secondary N) is 1. The van der Waals surface area contributed by atoms with E-state index in [1.54, 1.807) is 18.2 Å². The van der Waals surface area contributed by atoms with Gasteiger partial charge in [-0.15, -0.1) is 11.6 Å². The monoisotopic (exact) mass is 307 g/mol. The lowest BCUT2D eigenvalue weighted by Gasteiger charge is -2.19. The van der Waals surface area contributed by atoms with Gasteiger partial charge in [-0.25, -0.2) is 9.78 Å². The highest BCUT2D eigenvalue weighted by molar-refractivity contribution is 6.30. The number of rotatable bonds is 3. The summed E-state index contributed by atoms with van der Waals surface area (Å²) in [5, 5.41) is 9.19. The number of hydrogen-bond acceptors (Lipinski definition) is 3. The average Bonchev–Trinajstić information content (AvgIpc) is 3.11. The van der Waals surface area contributed by atoms with E-state index in [1.165, 1.54) is 4.90 Å². The number of aromatic nitrogens is 2. The summed E-state index contributed by atoms with van der Waals surface area (Å²) in [5.41, 5.74) is 1.96. The number of benzene rings is 1. The molecule has 1 amide bonds. The number of Topliss-reactive ketones (excluding diaryl/α,β-unsaturated/α-hetero) is 1. The molecular formula is C14H14ClN3O3. The van der Waals surface area contributed by atoms with E-state index in [1.807, 2.05) is 0 Å². The predicted molar refractivity (Wildman–Crippen MR) is 77.9 cm³/mol. The largest absolute Gasteiger partial charge is 0.465 e. The molecule has 110 valence electrons. The Hall–Kier alpha value is -2.08. The van der Waals surface area contributed by atoms with Gasteiger partial charge in [0.1, 0.15) is 5.82 Å². The molecule has 1 aliphatic heterocycles. The number of nitrogens with zero attached hydrogens (tertiary/aromatic N) is 2. The van der Waals surface area contributed by atoms with Crippen LogP contribution in [0.5, 0.6) is 0 Å². The maximum Gasteiger partial charge on any atom is 0.407 e. The van der Waals surface area contributed by atoms with Gasteiger partial charge >= 0.3 is 6.09 Å². The fourth-order valence-electron chi connectivity index (χ4n) is 2.72. The van der Waals surface area contributed by atoms with E-state index in [9.17, 15) is 14.7 Å². The van der Waals surface area contributed by atoms with E-state index < -0.39 is 6.09 Å². The van der Waals surface area contributed by atoms with Crippen molar-refractivity contribution >= 4 is 34.5 Å². The molecule has 1 atom stereocenters. The van der Waals surface area contributed by atoms with Crippen LogP contribution in [-0.2, 0) is 0 Å². The molecule has 1 aromatic heterocycles. The fraction of sp³-hybridized carbons (Fsp3) is 0.357. The summed E-state index contributed by atoms with van der Waals surface area (Å²) in [4.78, 5) is 31.8. The van der Waals surface area contributed by atoms with Crippen LogP contribution in [0.15, 0.2) is 18.2 Å². The number of H-pyrrole nitrogens is 1. The molecule has 0 aliphatic carbocycles. The number of likely N-dealkylation sites (tertiary alicyclic amines) is 1. The van der Waals surface area contributed by atoms with Crippen molar-refractivity contribution in [2.45, 2.75) is 18.9 Å². The van der Waals surface area contributed by atoms with Crippen LogP contribution in [0, 0.1) is 0 Å². The molecule has 7 heteroatoms. The molecule has 1 fully saturated rings. The van der Waals surface area contributed by atoms with E-state index in [2.05, 4.69) is 9.97 Å². The van der Waals surface area contributed by atoms with E-state index in [0.29, 0.717) is 23.4 Å². The van der Waals surface area contributed by atoms with E-state index >= 15 is 0 Å².